The Balaban J connectivity index is 2.03. The Morgan fingerprint density at radius 3 is 3.00 bits per heavy atom. The number of H-pyrrole nitrogens is 1. The largest absolute Gasteiger partial charge is 0.331 e. The summed E-state index contributed by atoms with van der Waals surface area (Å²) in [5.41, 5.74) is 2.71. The van der Waals surface area contributed by atoms with E-state index in [0.717, 1.165) is 22.4 Å². The summed E-state index contributed by atoms with van der Waals surface area (Å²) in [6.45, 7) is 1.94. The maximum absolute atomic E-state index is 13.8. The van der Waals surface area contributed by atoms with E-state index in [9.17, 15) is 9.18 Å². The molecule has 0 aliphatic heterocycles. The lowest BCUT2D eigenvalue weighted by Gasteiger charge is -2.02. The summed E-state index contributed by atoms with van der Waals surface area (Å²) >= 11 is 1.18. The molecule has 1 N–H and O–H groups in total. The van der Waals surface area contributed by atoms with Crippen LogP contribution in [0.1, 0.15) is 5.82 Å². The van der Waals surface area contributed by atoms with Crippen LogP contribution in [0.5, 0.6) is 0 Å². The van der Waals surface area contributed by atoms with E-state index in [4.69, 9.17) is 0 Å². The van der Waals surface area contributed by atoms with Crippen molar-refractivity contribution < 1.29 is 4.39 Å². The Bertz CT molecular complexity index is 1090. The molecule has 0 amide bonds. The molecule has 3 heterocycles. The molecule has 22 heavy (non-hydrogen) atoms. The fraction of sp³-hybridized carbons (Fsp3) is 0.133. The SMILES string of the molecule is Cc1nc2cc(-c3n[nH]c(=O)c4c(F)csc34)ccc2n1C. The molecule has 0 bridgehead atoms. The molecule has 0 atom stereocenters. The predicted molar refractivity (Wildman–Crippen MR) is 84.6 cm³/mol. The number of hydrogen-bond donors (Lipinski definition) is 1. The number of hydrogen-bond acceptors (Lipinski definition) is 4. The standard InChI is InChI=1S/C15H11FN4OS/c1-7-17-10-5-8(3-4-11(10)20(7)2)13-14-12(9(16)6-22-14)15(21)19-18-13/h3-6H,1-2H3,(H,19,21). The number of rotatable bonds is 1. The Labute approximate surface area is 128 Å². The van der Waals surface area contributed by atoms with E-state index in [2.05, 4.69) is 15.2 Å². The highest BCUT2D eigenvalue weighted by Gasteiger charge is 2.15. The number of nitrogens with one attached hydrogen (secondary N) is 1. The van der Waals surface area contributed by atoms with Gasteiger partial charge in [-0.2, -0.15) is 5.10 Å². The molecule has 0 unspecified atom stereocenters. The average molecular weight is 314 g/mol. The van der Waals surface area contributed by atoms with Crippen LogP contribution in [0.15, 0.2) is 28.4 Å². The molecule has 0 saturated heterocycles. The summed E-state index contributed by atoms with van der Waals surface area (Å²) in [7, 11) is 1.95. The first-order valence-electron chi connectivity index (χ1n) is 6.65. The molecule has 0 spiro atoms. The maximum atomic E-state index is 13.8. The number of aryl methyl sites for hydroxylation is 2. The number of thiophene rings is 1. The van der Waals surface area contributed by atoms with E-state index in [-0.39, 0.29) is 5.39 Å². The molecule has 0 saturated carbocycles. The number of fused-ring (bicyclic) bond motifs is 2. The zero-order valence-electron chi connectivity index (χ0n) is 11.8. The van der Waals surface area contributed by atoms with E-state index in [0.29, 0.717) is 10.4 Å². The zero-order valence-corrected chi connectivity index (χ0v) is 12.7. The lowest BCUT2D eigenvalue weighted by atomic mass is 10.1. The monoisotopic (exact) mass is 314 g/mol. The van der Waals surface area contributed by atoms with Crippen molar-refractivity contribution in [3.63, 3.8) is 0 Å². The summed E-state index contributed by atoms with van der Waals surface area (Å²) in [6.07, 6.45) is 0. The van der Waals surface area contributed by atoms with Gasteiger partial charge < -0.3 is 4.57 Å². The van der Waals surface area contributed by atoms with Crippen LogP contribution in [0.3, 0.4) is 0 Å². The second kappa shape index (κ2) is 4.48. The highest BCUT2D eigenvalue weighted by Crippen LogP contribution is 2.31. The van der Waals surface area contributed by atoms with Gasteiger partial charge in [-0.1, -0.05) is 6.07 Å². The molecule has 110 valence electrons. The van der Waals surface area contributed by atoms with Crippen LogP contribution in [0, 0.1) is 12.7 Å². The number of halogens is 1. The van der Waals surface area contributed by atoms with E-state index >= 15 is 0 Å². The summed E-state index contributed by atoms with van der Waals surface area (Å²) in [4.78, 5) is 16.2. The van der Waals surface area contributed by atoms with E-state index in [1.54, 1.807) is 0 Å². The lowest BCUT2D eigenvalue weighted by Crippen LogP contribution is -2.09. The first-order chi connectivity index (χ1) is 10.6. The molecule has 0 fully saturated rings. The van der Waals surface area contributed by atoms with Crippen LogP contribution in [0.4, 0.5) is 4.39 Å². The predicted octanol–water partition coefficient (Wildman–Crippen LogP) is 2.99. The van der Waals surface area contributed by atoms with Gasteiger partial charge in [0.2, 0.25) is 0 Å². The van der Waals surface area contributed by atoms with Crippen molar-refractivity contribution in [3.8, 4) is 11.3 Å². The third kappa shape index (κ3) is 1.72. The van der Waals surface area contributed by atoms with Gasteiger partial charge in [-0.3, -0.25) is 4.79 Å². The van der Waals surface area contributed by atoms with E-state index in [1.807, 2.05) is 36.7 Å². The average Bonchev–Trinajstić information content (AvgIpc) is 3.02. The third-order valence-electron chi connectivity index (χ3n) is 3.84. The zero-order chi connectivity index (χ0) is 15.4. The highest BCUT2D eigenvalue weighted by molar-refractivity contribution is 7.17. The van der Waals surface area contributed by atoms with Crippen molar-refractivity contribution in [2.75, 3.05) is 0 Å². The Morgan fingerprint density at radius 1 is 1.36 bits per heavy atom. The second-order valence-corrected chi connectivity index (χ2v) is 5.99. The topological polar surface area (TPSA) is 63.6 Å². The van der Waals surface area contributed by atoms with Crippen molar-refractivity contribution in [1.82, 2.24) is 19.7 Å². The molecule has 3 aromatic heterocycles. The van der Waals surface area contributed by atoms with Gasteiger partial charge in [0.15, 0.2) is 0 Å². The smallest absolute Gasteiger partial charge is 0.275 e. The van der Waals surface area contributed by atoms with Crippen molar-refractivity contribution in [2.45, 2.75) is 6.92 Å². The van der Waals surface area contributed by atoms with Crippen LogP contribution < -0.4 is 5.56 Å². The first kappa shape index (κ1) is 13.1. The van der Waals surface area contributed by atoms with E-state index < -0.39 is 11.4 Å². The number of aromatic amines is 1. The minimum atomic E-state index is -0.514. The molecular weight excluding hydrogens is 303 g/mol. The van der Waals surface area contributed by atoms with Gasteiger partial charge in [0.25, 0.3) is 5.56 Å². The Morgan fingerprint density at radius 2 is 2.18 bits per heavy atom. The van der Waals surface area contributed by atoms with Gasteiger partial charge in [-0.05, 0) is 19.1 Å². The summed E-state index contributed by atoms with van der Waals surface area (Å²) in [5.74, 6) is 0.397. The van der Waals surface area contributed by atoms with Crippen molar-refractivity contribution in [1.29, 1.82) is 0 Å². The number of aromatic nitrogens is 4. The van der Waals surface area contributed by atoms with Crippen LogP contribution in [-0.2, 0) is 7.05 Å². The molecular formula is C15H11FN4OS. The molecule has 0 radical (unpaired) electrons. The Kier molecular flexibility index (Phi) is 2.67. The van der Waals surface area contributed by atoms with Gasteiger partial charge in [0, 0.05) is 18.0 Å². The lowest BCUT2D eigenvalue weighted by molar-refractivity contribution is 0.642. The van der Waals surface area contributed by atoms with Crippen molar-refractivity contribution in [2.24, 2.45) is 7.05 Å². The normalized spacial score (nSPS) is 11.6. The minimum Gasteiger partial charge on any atom is -0.331 e. The first-order valence-corrected chi connectivity index (χ1v) is 7.53. The molecule has 4 aromatic rings. The van der Waals surface area contributed by atoms with Gasteiger partial charge in [0.05, 0.1) is 21.1 Å². The molecule has 1 aromatic carbocycles. The van der Waals surface area contributed by atoms with Gasteiger partial charge in [-0.25, -0.2) is 14.5 Å². The quantitative estimate of drug-likeness (QED) is 0.587. The van der Waals surface area contributed by atoms with Crippen LogP contribution in [0.25, 0.3) is 32.4 Å². The third-order valence-corrected chi connectivity index (χ3v) is 4.79. The fourth-order valence-corrected chi connectivity index (χ4v) is 3.52. The van der Waals surface area contributed by atoms with Gasteiger partial charge >= 0.3 is 0 Å². The van der Waals surface area contributed by atoms with E-state index in [1.165, 1.54) is 16.7 Å². The summed E-state index contributed by atoms with van der Waals surface area (Å²) < 4.78 is 16.3. The molecule has 5 nitrogen and oxygen atoms in total. The fourth-order valence-electron chi connectivity index (χ4n) is 2.60. The maximum Gasteiger partial charge on any atom is 0.275 e. The second-order valence-electron chi connectivity index (χ2n) is 5.11. The highest BCUT2D eigenvalue weighted by atomic mass is 32.1. The number of imidazole rings is 1. The van der Waals surface area contributed by atoms with Gasteiger partial charge in [0.1, 0.15) is 17.3 Å². The molecule has 0 aliphatic carbocycles. The van der Waals surface area contributed by atoms with Crippen molar-refractivity contribution >= 4 is 32.5 Å². The van der Waals surface area contributed by atoms with Crippen LogP contribution in [0.2, 0.25) is 0 Å². The number of benzene rings is 1. The summed E-state index contributed by atoms with van der Waals surface area (Å²) in [5, 5.41) is 7.86. The molecule has 0 aliphatic rings. The molecule has 7 heteroatoms. The number of nitrogens with zero attached hydrogens (tertiary/aromatic N) is 3. The van der Waals surface area contributed by atoms with Crippen LogP contribution >= 0.6 is 11.3 Å². The molecule has 4 rings (SSSR count). The van der Waals surface area contributed by atoms with Crippen LogP contribution in [-0.4, -0.2) is 19.7 Å². The van der Waals surface area contributed by atoms with Crippen molar-refractivity contribution in [3.05, 3.63) is 45.6 Å². The Hall–Kier alpha value is -2.54. The summed E-state index contributed by atoms with van der Waals surface area (Å²) in [6, 6.07) is 5.76. The van der Waals surface area contributed by atoms with Gasteiger partial charge in [-0.15, -0.1) is 11.3 Å². The minimum absolute atomic E-state index is 0.0623.